The Morgan fingerprint density at radius 3 is 2.75 bits per heavy atom. The lowest BCUT2D eigenvalue weighted by molar-refractivity contribution is 0.273. The molecule has 2 rings (SSSR count). The molecule has 0 aliphatic carbocycles. The molecule has 16 heavy (non-hydrogen) atoms. The van der Waals surface area contributed by atoms with Crippen molar-refractivity contribution in [3.8, 4) is 0 Å². The summed E-state index contributed by atoms with van der Waals surface area (Å²) < 4.78 is 2.25. The lowest BCUT2D eigenvalue weighted by Gasteiger charge is -2.05. The van der Waals surface area contributed by atoms with E-state index in [-0.39, 0.29) is 12.5 Å². The van der Waals surface area contributed by atoms with Crippen LogP contribution in [-0.2, 0) is 6.54 Å². The van der Waals surface area contributed by atoms with Gasteiger partial charge in [0.25, 0.3) is 0 Å². The molecular weight excluding hydrogens is 198 g/mol. The fraction of sp³-hybridized carbons (Fsp3) is 0.429. The number of aliphatic hydroxyl groups is 1. The van der Waals surface area contributed by atoms with E-state index in [2.05, 4.69) is 49.7 Å². The Morgan fingerprint density at radius 2 is 2.12 bits per heavy atom. The molecule has 2 nitrogen and oxygen atoms in total. The fourth-order valence-corrected chi connectivity index (χ4v) is 2.19. The topological polar surface area (TPSA) is 25.2 Å². The van der Waals surface area contributed by atoms with Gasteiger partial charge in [0.15, 0.2) is 0 Å². The van der Waals surface area contributed by atoms with Crippen LogP contribution in [0, 0.1) is 6.92 Å². The van der Waals surface area contributed by atoms with Gasteiger partial charge in [-0.3, -0.25) is 0 Å². The molecular formula is C14H19NO. The van der Waals surface area contributed by atoms with Gasteiger partial charge in [-0.15, -0.1) is 0 Å². The summed E-state index contributed by atoms with van der Waals surface area (Å²) in [6.45, 7) is 7.49. The standard InChI is InChI=1S/C14H19NO/c1-4-15-8-13(11(3)9-16)12-7-10(2)5-6-14(12)15/h5-8,11,16H,4,9H2,1-3H3. The number of aliphatic hydroxyl groups excluding tert-OH is 1. The molecule has 0 fully saturated rings. The molecule has 1 aromatic heterocycles. The molecule has 0 aliphatic heterocycles. The van der Waals surface area contributed by atoms with Crippen LogP contribution < -0.4 is 0 Å². The molecule has 0 bridgehead atoms. The summed E-state index contributed by atoms with van der Waals surface area (Å²) in [7, 11) is 0. The summed E-state index contributed by atoms with van der Waals surface area (Å²) in [5.41, 5.74) is 3.79. The molecule has 2 aromatic rings. The SMILES string of the molecule is CCn1cc(C(C)CO)c2cc(C)ccc21. The third-order valence-electron chi connectivity index (χ3n) is 3.21. The largest absolute Gasteiger partial charge is 0.396 e. The Labute approximate surface area is 96.5 Å². The van der Waals surface area contributed by atoms with Crippen molar-refractivity contribution < 1.29 is 5.11 Å². The van der Waals surface area contributed by atoms with Crippen molar-refractivity contribution in [2.45, 2.75) is 33.2 Å². The van der Waals surface area contributed by atoms with Crippen molar-refractivity contribution in [3.63, 3.8) is 0 Å². The Hall–Kier alpha value is -1.28. The van der Waals surface area contributed by atoms with E-state index in [0.29, 0.717) is 0 Å². The molecule has 1 unspecified atom stereocenters. The van der Waals surface area contributed by atoms with Gasteiger partial charge in [0.2, 0.25) is 0 Å². The summed E-state index contributed by atoms with van der Waals surface area (Å²) in [4.78, 5) is 0. The molecule has 2 heteroatoms. The van der Waals surface area contributed by atoms with Crippen molar-refractivity contribution in [1.29, 1.82) is 0 Å². The Kier molecular flexibility index (Phi) is 3.01. The van der Waals surface area contributed by atoms with Crippen LogP contribution in [0.2, 0.25) is 0 Å². The molecule has 0 spiro atoms. The Morgan fingerprint density at radius 1 is 1.38 bits per heavy atom. The van der Waals surface area contributed by atoms with Crippen LogP contribution >= 0.6 is 0 Å². The molecule has 0 aliphatic rings. The molecule has 0 radical (unpaired) electrons. The van der Waals surface area contributed by atoms with Crippen LogP contribution in [0.3, 0.4) is 0 Å². The fourth-order valence-electron chi connectivity index (χ4n) is 2.19. The van der Waals surface area contributed by atoms with Gasteiger partial charge in [-0.2, -0.15) is 0 Å². The van der Waals surface area contributed by atoms with Crippen LogP contribution in [0.5, 0.6) is 0 Å². The second-order valence-electron chi connectivity index (χ2n) is 4.47. The van der Waals surface area contributed by atoms with Gasteiger partial charge in [0, 0.05) is 36.2 Å². The third-order valence-corrected chi connectivity index (χ3v) is 3.21. The maximum atomic E-state index is 9.29. The van der Waals surface area contributed by atoms with E-state index in [4.69, 9.17) is 0 Å². The molecule has 0 saturated carbocycles. The minimum Gasteiger partial charge on any atom is -0.396 e. The predicted octanol–water partition coefficient (Wildman–Crippen LogP) is 3.07. The van der Waals surface area contributed by atoms with Crippen LogP contribution in [0.4, 0.5) is 0 Å². The minimum atomic E-state index is 0.205. The summed E-state index contributed by atoms with van der Waals surface area (Å²) in [6.07, 6.45) is 2.17. The first-order valence-corrected chi connectivity index (χ1v) is 5.87. The highest BCUT2D eigenvalue weighted by Gasteiger charge is 2.12. The molecule has 0 amide bonds. The quantitative estimate of drug-likeness (QED) is 0.839. The van der Waals surface area contributed by atoms with Gasteiger partial charge in [-0.05, 0) is 31.5 Å². The van der Waals surface area contributed by atoms with Crippen molar-refractivity contribution in [3.05, 3.63) is 35.5 Å². The van der Waals surface area contributed by atoms with Gasteiger partial charge in [-0.25, -0.2) is 0 Å². The van der Waals surface area contributed by atoms with Crippen molar-refractivity contribution in [2.75, 3.05) is 6.61 Å². The Balaban J connectivity index is 2.68. The lowest BCUT2D eigenvalue weighted by atomic mass is 10.0. The summed E-state index contributed by atoms with van der Waals surface area (Å²) in [5, 5.41) is 10.6. The van der Waals surface area contributed by atoms with Gasteiger partial charge in [0.1, 0.15) is 0 Å². The normalized spacial score (nSPS) is 13.2. The molecule has 1 N–H and O–H groups in total. The van der Waals surface area contributed by atoms with Gasteiger partial charge in [0.05, 0.1) is 0 Å². The molecule has 1 atom stereocenters. The van der Waals surface area contributed by atoms with E-state index in [1.807, 2.05) is 0 Å². The second-order valence-corrected chi connectivity index (χ2v) is 4.47. The maximum absolute atomic E-state index is 9.29. The number of aryl methyl sites for hydroxylation is 2. The van der Waals surface area contributed by atoms with Crippen LogP contribution in [0.25, 0.3) is 10.9 Å². The number of aromatic nitrogens is 1. The highest BCUT2D eigenvalue weighted by molar-refractivity contribution is 5.85. The zero-order chi connectivity index (χ0) is 11.7. The van der Waals surface area contributed by atoms with Gasteiger partial charge < -0.3 is 9.67 Å². The molecule has 86 valence electrons. The highest BCUT2D eigenvalue weighted by Crippen LogP contribution is 2.28. The average molecular weight is 217 g/mol. The number of fused-ring (bicyclic) bond motifs is 1. The van der Waals surface area contributed by atoms with E-state index in [0.717, 1.165) is 6.54 Å². The zero-order valence-corrected chi connectivity index (χ0v) is 10.2. The average Bonchev–Trinajstić information content (AvgIpc) is 2.66. The summed E-state index contributed by atoms with van der Waals surface area (Å²) >= 11 is 0. The second kappa shape index (κ2) is 4.30. The number of hydrogen-bond acceptors (Lipinski definition) is 1. The smallest absolute Gasteiger partial charge is 0.0497 e. The maximum Gasteiger partial charge on any atom is 0.0497 e. The van der Waals surface area contributed by atoms with Crippen molar-refractivity contribution >= 4 is 10.9 Å². The first kappa shape index (κ1) is 11.2. The Bertz CT molecular complexity index is 499. The first-order chi connectivity index (χ1) is 7.67. The molecule has 1 heterocycles. The van der Waals surface area contributed by atoms with Crippen molar-refractivity contribution in [1.82, 2.24) is 4.57 Å². The predicted molar refractivity (Wildman–Crippen MR) is 67.8 cm³/mol. The van der Waals surface area contributed by atoms with Crippen LogP contribution in [-0.4, -0.2) is 16.3 Å². The summed E-state index contributed by atoms with van der Waals surface area (Å²) in [6, 6.07) is 6.52. The van der Waals surface area contributed by atoms with E-state index < -0.39 is 0 Å². The molecule has 1 aromatic carbocycles. The molecule has 0 saturated heterocycles. The first-order valence-electron chi connectivity index (χ1n) is 5.87. The van der Waals surface area contributed by atoms with Crippen LogP contribution in [0.1, 0.15) is 30.9 Å². The monoisotopic (exact) mass is 217 g/mol. The van der Waals surface area contributed by atoms with E-state index in [9.17, 15) is 5.11 Å². The van der Waals surface area contributed by atoms with Gasteiger partial charge in [-0.1, -0.05) is 18.6 Å². The number of hydrogen-bond donors (Lipinski definition) is 1. The third kappa shape index (κ3) is 1.74. The van der Waals surface area contributed by atoms with E-state index in [1.165, 1.54) is 22.0 Å². The zero-order valence-electron chi connectivity index (χ0n) is 10.2. The highest BCUT2D eigenvalue weighted by atomic mass is 16.3. The number of benzene rings is 1. The van der Waals surface area contributed by atoms with Crippen molar-refractivity contribution in [2.24, 2.45) is 0 Å². The summed E-state index contributed by atoms with van der Waals surface area (Å²) in [5.74, 6) is 0.206. The number of rotatable bonds is 3. The van der Waals surface area contributed by atoms with E-state index in [1.54, 1.807) is 0 Å². The minimum absolute atomic E-state index is 0.205. The lowest BCUT2D eigenvalue weighted by Crippen LogP contribution is -1.97. The van der Waals surface area contributed by atoms with Crippen LogP contribution in [0.15, 0.2) is 24.4 Å². The van der Waals surface area contributed by atoms with E-state index >= 15 is 0 Å². The van der Waals surface area contributed by atoms with Gasteiger partial charge >= 0.3 is 0 Å². The number of nitrogens with zero attached hydrogens (tertiary/aromatic N) is 1.